The number of aryl methyl sites for hydroxylation is 1. The molecule has 4 aromatic rings. The summed E-state index contributed by atoms with van der Waals surface area (Å²) < 4.78 is 11.5. The zero-order valence-electron chi connectivity index (χ0n) is 20.9. The minimum atomic E-state index is -0.349. The SMILES string of the molecule is COc1cc(C=NNC(=O)CCC(=O)Nc2ccccc2C)ccc1OCc1cccc2ccccc12. The van der Waals surface area contributed by atoms with E-state index in [4.69, 9.17) is 9.47 Å². The van der Waals surface area contributed by atoms with E-state index in [1.54, 1.807) is 13.2 Å². The van der Waals surface area contributed by atoms with E-state index in [0.29, 0.717) is 18.1 Å². The number of methoxy groups -OCH3 is 1. The molecule has 188 valence electrons. The van der Waals surface area contributed by atoms with E-state index in [2.05, 4.69) is 34.0 Å². The highest BCUT2D eigenvalue weighted by atomic mass is 16.5. The molecule has 0 heterocycles. The first-order valence-corrected chi connectivity index (χ1v) is 12.0. The van der Waals surface area contributed by atoms with E-state index in [1.165, 1.54) is 6.21 Å². The molecule has 0 fully saturated rings. The van der Waals surface area contributed by atoms with Crippen molar-refractivity contribution in [2.75, 3.05) is 12.4 Å². The maximum absolute atomic E-state index is 12.1. The fourth-order valence-electron chi connectivity index (χ4n) is 3.85. The number of rotatable bonds is 10. The third kappa shape index (κ3) is 6.95. The highest BCUT2D eigenvalue weighted by molar-refractivity contribution is 5.94. The van der Waals surface area contributed by atoms with Gasteiger partial charge in [-0.2, -0.15) is 5.10 Å². The number of anilines is 1. The molecule has 2 N–H and O–H groups in total. The van der Waals surface area contributed by atoms with Gasteiger partial charge >= 0.3 is 0 Å². The molecule has 0 radical (unpaired) electrons. The Morgan fingerprint density at radius 1 is 0.865 bits per heavy atom. The fraction of sp³-hybridized carbons (Fsp3) is 0.167. The van der Waals surface area contributed by atoms with Gasteiger partial charge in [0.05, 0.1) is 13.3 Å². The molecule has 0 aliphatic rings. The lowest BCUT2D eigenvalue weighted by Gasteiger charge is -2.12. The average molecular weight is 496 g/mol. The summed E-state index contributed by atoms with van der Waals surface area (Å²) in [6, 6.07) is 27.2. The second-order valence-corrected chi connectivity index (χ2v) is 8.49. The van der Waals surface area contributed by atoms with Crippen LogP contribution in [0, 0.1) is 6.92 Å². The van der Waals surface area contributed by atoms with Crippen LogP contribution in [0.3, 0.4) is 0 Å². The standard InChI is InChI=1S/C30H29N3O4/c1-21-8-3-6-13-26(21)32-29(34)16-17-30(35)33-31-19-22-14-15-27(28(18-22)36-2)37-20-24-11-7-10-23-9-4-5-12-25(23)24/h3-15,18-19H,16-17,20H2,1-2H3,(H,32,34)(H,33,35). The maximum Gasteiger partial charge on any atom is 0.240 e. The molecule has 0 aliphatic carbocycles. The molecule has 37 heavy (non-hydrogen) atoms. The van der Waals surface area contributed by atoms with E-state index in [-0.39, 0.29) is 24.7 Å². The molecule has 0 spiro atoms. The van der Waals surface area contributed by atoms with Crippen LogP contribution in [0.15, 0.2) is 90.0 Å². The lowest BCUT2D eigenvalue weighted by Crippen LogP contribution is -2.20. The number of para-hydroxylation sites is 1. The summed E-state index contributed by atoms with van der Waals surface area (Å²) in [4.78, 5) is 24.2. The molecule has 0 saturated carbocycles. The van der Waals surface area contributed by atoms with Crippen LogP contribution in [0.25, 0.3) is 10.8 Å². The van der Waals surface area contributed by atoms with Crippen molar-refractivity contribution in [2.45, 2.75) is 26.4 Å². The number of carbonyl (C=O) groups excluding carboxylic acids is 2. The molecular weight excluding hydrogens is 466 g/mol. The van der Waals surface area contributed by atoms with Gasteiger partial charge in [0.25, 0.3) is 0 Å². The van der Waals surface area contributed by atoms with Gasteiger partial charge in [-0.1, -0.05) is 60.7 Å². The number of ether oxygens (including phenoxy) is 2. The predicted octanol–water partition coefficient (Wildman–Crippen LogP) is 5.60. The maximum atomic E-state index is 12.1. The molecule has 2 amide bonds. The van der Waals surface area contributed by atoms with Crippen LogP contribution in [-0.2, 0) is 16.2 Å². The van der Waals surface area contributed by atoms with Gasteiger partial charge in [0.15, 0.2) is 11.5 Å². The van der Waals surface area contributed by atoms with Gasteiger partial charge in [-0.05, 0) is 58.7 Å². The molecule has 4 aromatic carbocycles. The summed E-state index contributed by atoms with van der Waals surface area (Å²) in [5, 5.41) is 9.12. The quantitative estimate of drug-likeness (QED) is 0.221. The monoisotopic (exact) mass is 495 g/mol. The van der Waals surface area contributed by atoms with Gasteiger partial charge in [0.2, 0.25) is 11.8 Å². The summed E-state index contributed by atoms with van der Waals surface area (Å²) in [5.74, 6) is 0.593. The Hall–Kier alpha value is -4.65. The van der Waals surface area contributed by atoms with E-state index in [9.17, 15) is 9.59 Å². The van der Waals surface area contributed by atoms with E-state index >= 15 is 0 Å². The summed E-state index contributed by atoms with van der Waals surface area (Å²) in [6.07, 6.45) is 1.61. The highest BCUT2D eigenvalue weighted by Crippen LogP contribution is 2.29. The lowest BCUT2D eigenvalue weighted by molar-refractivity contribution is -0.124. The molecule has 4 rings (SSSR count). The van der Waals surface area contributed by atoms with E-state index < -0.39 is 0 Å². The highest BCUT2D eigenvalue weighted by Gasteiger charge is 2.09. The minimum absolute atomic E-state index is 0.0271. The molecule has 0 bridgehead atoms. The van der Waals surface area contributed by atoms with Gasteiger partial charge < -0.3 is 14.8 Å². The van der Waals surface area contributed by atoms with Gasteiger partial charge in [-0.15, -0.1) is 0 Å². The number of hydrogen-bond acceptors (Lipinski definition) is 5. The van der Waals surface area contributed by atoms with Crippen molar-refractivity contribution in [3.8, 4) is 11.5 Å². The number of nitrogens with one attached hydrogen (secondary N) is 2. The topological polar surface area (TPSA) is 89.0 Å². The summed E-state index contributed by atoms with van der Waals surface area (Å²) in [7, 11) is 1.57. The Morgan fingerprint density at radius 2 is 1.62 bits per heavy atom. The van der Waals surface area contributed by atoms with Crippen LogP contribution in [0.5, 0.6) is 11.5 Å². The molecule has 0 aromatic heterocycles. The lowest BCUT2D eigenvalue weighted by atomic mass is 10.1. The summed E-state index contributed by atoms with van der Waals surface area (Å²) in [5.41, 5.74) is 5.97. The van der Waals surface area contributed by atoms with Crippen LogP contribution in [0.2, 0.25) is 0 Å². The first-order valence-electron chi connectivity index (χ1n) is 12.0. The van der Waals surface area contributed by atoms with Crippen molar-refractivity contribution in [1.82, 2.24) is 5.43 Å². The van der Waals surface area contributed by atoms with Crippen molar-refractivity contribution in [1.29, 1.82) is 0 Å². The molecule has 0 unspecified atom stereocenters. The average Bonchev–Trinajstić information content (AvgIpc) is 2.92. The third-order valence-corrected chi connectivity index (χ3v) is 5.85. The number of nitrogens with zero attached hydrogens (tertiary/aromatic N) is 1. The number of carbonyl (C=O) groups is 2. The van der Waals surface area contributed by atoms with Gasteiger partial charge in [-0.25, -0.2) is 5.43 Å². The summed E-state index contributed by atoms with van der Waals surface area (Å²) in [6.45, 7) is 2.31. The van der Waals surface area contributed by atoms with Crippen molar-refractivity contribution < 1.29 is 19.1 Å². The Morgan fingerprint density at radius 3 is 2.46 bits per heavy atom. The normalized spacial score (nSPS) is 10.9. The molecule has 7 heteroatoms. The van der Waals surface area contributed by atoms with Gasteiger partial charge in [0, 0.05) is 18.5 Å². The van der Waals surface area contributed by atoms with Crippen LogP contribution in [0.1, 0.15) is 29.5 Å². The van der Waals surface area contributed by atoms with Crippen molar-refractivity contribution in [3.63, 3.8) is 0 Å². The first kappa shape index (κ1) is 25.4. The molecule has 0 aliphatic heterocycles. The van der Waals surface area contributed by atoms with E-state index in [0.717, 1.165) is 33.2 Å². The number of benzene rings is 4. The first-order chi connectivity index (χ1) is 18.0. The second kappa shape index (κ2) is 12.4. The Kier molecular flexibility index (Phi) is 8.49. The third-order valence-electron chi connectivity index (χ3n) is 5.85. The zero-order valence-corrected chi connectivity index (χ0v) is 20.9. The zero-order chi connectivity index (χ0) is 26.0. The number of hydrogen-bond donors (Lipinski definition) is 2. The van der Waals surface area contributed by atoms with Crippen LogP contribution < -0.4 is 20.2 Å². The largest absolute Gasteiger partial charge is 0.493 e. The number of fused-ring (bicyclic) bond motifs is 1. The molecule has 0 atom stereocenters. The summed E-state index contributed by atoms with van der Waals surface area (Å²) >= 11 is 0. The van der Waals surface area contributed by atoms with Crippen LogP contribution in [-0.4, -0.2) is 25.1 Å². The Bertz CT molecular complexity index is 1430. The van der Waals surface area contributed by atoms with Crippen molar-refractivity contribution in [3.05, 3.63) is 102 Å². The van der Waals surface area contributed by atoms with Crippen molar-refractivity contribution >= 4 is 34.5 Å². The number of amides is 2. The minimum Gasteiger partial charge on any atom is -0.493 e. The van der Waals surface area contributed by atoms with E-state index in [1.807, 2.05) is 67.6 Å². The predicted molar refractivity (Wildman–Crippen MR) is 146 cm³/mol. The smallest absolute Gasteiger partial charge is 0.240 e. The number of hydrazone groups is 1. The Labute approximate surface area is 216 Å². The Balaban J connectivity index is 1.28. The van der Waals surface area contributed by atoms with Crippen molar-refractivity contribution in [2.24, 2.45) is 5.10 Å². The molecule has 0 saturated heterocycles. The van der Waals surface area contributed by atoms with Crippen LogP contribution >= 0.6 is 0 Å². The fourth-order valence-corrected chi connectivity index (χ4v) is 3.85. The second-order valence-electron chi connectivity index (χ2n) is 8.49. The van der Waals surface area contributed by atoms with Gasteiger partial charge in [0.1, 0.15) is 6.61 Å². The van der Waals surface area contributed by atoms with Crippen LogP contribution in [0.4, 0.5) is 5.69 Å². The molecular formula is C30H29N3O4. The molecule has 7 nitrogen and oxygen atoms in total. The van der Waals surface area contributed by atoms with Gasteiger partial charge in [-0.3, -0.25) is 9.59 Å².